The zero-order valence-corrected chi connectivity index (χ0v) is 18.7. The molecule has 0 heterocycles. The van der Waals surface area contributed by atoms with Crippen LogP contribution in [0.5, 0.6) is 11.5 Å². The number of hydrogen-bond acceptors (Lipinski definition) is 9. The molecule has 9 nitrogen and oxygen atoms in total. The van der Waals surface area contributed by atoms with E-state index < -0.39 is 24.3 Å². The van der Waals surface area contributed by atoms with E-state index in [4.69, 9.17) is 29.4 Å². The van der Waals surface area contributed by atoms with Crippen LogP contribution in [0, 0.1) is 0 Å². The maximum atomic E-state index is 12.0. The summed E-state index contributed by atoms with van der Waals surface area (Å²) in [5, 5.41) is 0. The van der Waals surface area contributed by atoms with Gasteiger partial charge >= 0.3 is 18.3 Å². The minimum atomic E-state index is -0.932. The third-order valence-corrected chi connectivity index (χ3v) is 3.94. The Labute approximate surface area is 183 Å². The van der Waals surface area contributed by atoms with Gasteiger partial charge in [-0.25, -0.2) is 9.59 Å². The van der Waals surface area contributed by atoms with Crippen LogP contribution in [0.25, 0.3) is 0 Å². The van der Waals surface area contributed by atoms with Crippen LogP contribution in [0.15, 0.2) is 18.2 Å². The second-order valence-corrected chi connectivity index (χ2v) is 7.19. The molecule has 0 bridgehead atoms. The Balaban J connectivity index is 2.93. The largest absolute Gasteiger partial charge is 0.513 e. The fourth-order valence-electron chi connectivity index (χ4n) is 2.34. The molecule has 0 saturated carbocycles. The third kappa shape index (κ3) is 10.7. The molecule has 2 N–H and O–H groups in total. The van der Waals surface area contributed by atoms with Gasteiger partial charge in [0.25, 0.3) is 0 Å². The van der Waals surface area contributed by atoms with E-state index in [1.165, 1.54) is 12.1 Å². The second-order valence-electron chi connectivity index (χ2n) is 7.19. The summed E-state index contributed by atoms with van der Waals surface area (Å²) in [4.78, 5) is 35.8. The van der Waals surface area contributed by atoms with Crippen molar-refractivity contribution in [2.75, 3.05) is 13.2 Å². The number of hydrogen-bond donors (Lipinski definition) is 1. The lowest BCUT2D eigenvalue weighted by Crippen LogP contribution is -2.35. The van der Waals surface area contributed by atoms with Crippen molar-refractivity contribution in [2.24, 2.45) is 5.73 Å². The molecule has 1 aromatic rings. The van der Waals surface area contributed by atoms with Crippen molar-refractivity contribution in [3.8, 4) is 11.5 Å². The van der Waals surface area contributed by atoms with Crippen molar-refractivity contribution >= 4 is 18.3 Å². The first-order chi connectivity index (χ1) is 14.8. The van der Waals surface area contributed by atoms with Crippen molar-refractivity contribution in [3.63, 3.8) is 0 Å². The number of esters is 1. The van der Waals surface area contributed by atoms with Crippen LogP contribution in [-0.4, -0.2) is 43.6 Å². The normalized spacial score (nSPS) is 11.5. The number of benzene rings is 1. The van der Waals surface area contributed by atoms with Crippen LogP contribution in [0.1, 0.15) is 58.9 Å². The van der Waals surface area contributed by atoms with Crippen LogP contribution < -0.4 is 15.2 Å². The first-order valence-corrected chi connectivity index (χ1v) is 10.5. The van der Waals surface area contributed by atoms with E-state index in [1.807, 2.05) is 13.8 Å². The van der Waals surface area contributed by atoms with Gasteiger partial charge in [-0.05, 0) is 50.8 Å². The van der Waals surface area contributed by atoms with Crippen LogP contribution >= 0.6 is 0 Å². The fraction of sp³-hybridized carbons (Fsp3) is 0.591. The summed E-state index contributed by atoms with van der Waals surface area (Å²) in [6.07, 6.45) is 1.10. The average molecular weight is 440 g/mol. The quantitative estimate of drug-likeness (QED) is 0.221. The van der Waals surface area contributed by atoms with Gasteiger partial charge in [-0.2, -0.15) is 0 Å². The van der Waals surface area contributed by atoms with Gasteiger partial charge in [-0.1, -0.05) is 32.8 Å². The summed E-state index contributed by atoms with van der Waals surface area (Å²) in [5.41, 5.74) is 6.48. The minimum Gasteiger partial charge on any atom is -0.462 e. The average Bonchev–Trinajstić information content (AvgIpc) is 2.69. The summed E-state index contributed by atoms with van der Waals surface area (Å²) < 4.78 is 25.5. The van der Waals surface area contributed by atoms with Gasteiger partial charge in [0.1, 0.15) is 6.04 Å². The molecule has 1 atom stereocenters. The Morgan fingerprint density at radius 1 is 0.903 bits per heavy atom. The van der Waals surface area contributed by atoms with Gasteiger partial charge < -0.3 is 29.4 Å². The van der Waals surface area contributed by atoms with E-state index in [0.29, 0.717) is 18.4 Å². The zero-order valence-electron chi connectivity index (χ0n) is 18.7. The molecule has 0 aliphatic rings. The SMILES string of the molecule is CCCCOC(=O)Oc1ccc(C[C@H](N)C(=O)OC(C)C)cc1OC(=O)OCCCC. The van der Waals surface area contributed by atoms with Crippen molar-refractivity contribution < 1.29 is 38.1 Å². The number of carbonyl (C=O) groups is 3. The molecule has 0 amide bonds. The standard InChI is InChI=1S/C22H33NO8/c1-5-7-11-27-21(25)30-18-10-9-16(13-17(23)20(24)29-15(3)4)14-19(18)31-22(26)28-12-8-6-2/h9-10,14-15,17H,5-8,11-13,23H2,1-4H3/t17-/m0/s1. The monoisotopic (exact) mass is 439 g/mol. The van der Waals surface area contributed by atoms with Crippen LogP contribution in [0.4, 0.5) is 9.59 Å². The predicted octanol–water partition coefficient (Wildman–Crippen LogP) is 4.14. The number of carbonyl (C=O) groups excluding carboxylic acids is 3. The van der Waals surface area contributed by atoms with E-state index >= 15 is 0 Å². The van der Waals surface area contributed by atoms with Gasteiger partial charge in [0.05, 0.1) is 19.3 Å². The van der Waals surface area contributed by atoms with Crippen LogP contribution in [-0.2, 0) is 25.4 Å². The third-order valence-electron chi connectivity index (χ3n) is 3.94. The van der Waals surface area contributed by atoms with Gasteiger partial charge in [0.2, 0.25) is 0 Å². The molecule has 0 radical (unpaired) electrons. The topological polar surface area (TPSA) is 123 Å². The molecule has 0 fully saturated rings. The molecule has 0 aliphatic carbocycles. The molecular formula is C22H33NO8. The molecule has 0 aliphatic heterocycles. The Kier molecular flexibility index (Phi) is 12.0. The molecular weight excluding hydrogens is 406 g/mol. The summed E-state index contributed by atoms with van der Waals surface area (Å²) in [6.45, 7) is 7.80. The highest BCUT2D eigenvalue weighted by molar-refractivity contribution is 5.76. The van der Waals surface area contributed by atoms with Crippen molar-refractivity contribution in [3.05, 3.63) is 23.8 Å². The number of unbranched alkanes of at least 4 members (excludes halogenated alkanes) is 2. The predicted molar refractivity (Wildman–Crippen MR) is 113 cm³/mol. The maximum absolute atomic E-state index is 12.0. The van der Waals surface area contributed by atoms with Crippen LogP contribution in [0.2, 0.25) is 0 Å². The van der Waals surface area contributed by atoms with E-state index in [-0.39, 0.29) is 37.2 Å². The lowest BCUT2D eigenvalue weighted by molar-refractivity contribution is -0.148. The van der Waals surface area contributed by atoms with Gasteiger partial charge in [0.15, 0.2) is 11.5 Å². The van der Waals surface area contributed by atoms with Gasteiger partial charge in [0, 0.05) is 0 Å². The summed E-state index contributed by atoms with van der Waals surface area (Å²) in [7, 11) is 0. The smallest absolute Gasteiger partial charge is 0.462 e. The Hall–Kier alpha value is -2.81. The molecule has 1 aromatic carbocycles. The highest BCUT2D eigenvalue weighted by Gasteiger charge is 2.20. The Morgan fingerprint density at radius 2 is 1.45 bits per heavy atom. The number of rotatable bonds is 12. The second kappa shape index (κ2) is 14.2. The highest BCUT2D eigenvalue weighted by atomic mass is 16.7. The van der Waals surface area contributed by atoms with Gasteiger partial charge in [-0.15, -0.1) is 0 Å². The molecule has 0 saturated heterocycles. The molecule has 174 valence electrons. The number of ether oxygens (including phenoxy) is 5. The summed E-state index contributed by atoms with van der Waals surface area (Å²) >= 11 is 0. The summed E-state index contributed by atoms with van der Waals surface area (Å²) in [5.74, 6) is -0.608. The van der Waals surface area contributed by atoms with Crippen molar-refractivity contribution in [1.82, 2.24) is 0 Å². The van der Waals surface area contributed by atoms with E-state index in [0.717, 1.165) is 12.8 Å². The first kappa shape index (κ1) is 26.2. The molecule has 9 heteroatoms. The van der Waals surface area contributed by atoms with E-state index in [2.05, 4.69) is 0 Å². The summed E-state index contributed by atoms with van der Waals surface area (Å²) in [6, 6.07) is 3.59. The molecule has 0 spiro atoms. The minimum absolute atomic E-state index is 0.0176. The Bertz CT molecular complexity index is 719. The number of nitrogens with two attached hydrogens (primary N) is 1. The van der Waals surface area contributed by atoms with E-state index in [9.17, 15) is 14.4 Å². The maximum Gasteiger partial charge on any atom is 0.513 e. The first-order valence-electron chi connectivity index (χ1n) is 10.5. The van der Waals surface area contributed by atoms with Crippen molar-refractivity contribution in [2.45, 2.75) is 71.9 Å². The Morgan fingerprint density at radius 3 is 1.97 bits per heavy atom. The molecule has 0 unspecified atom stereocenters. The lowest BCUT2D eigenvalue weighted by Gasteiger charge is -2.15. The van der Waals surface area contributed by atoms with E-state index in [1.54, 1.807) is 19.9 Å². The van der Waals surface area contributed by atoms with Gasteiger partial charge in [-0.3, -0.25) is 4.79 Å². The highest BCUT2D eigenvalue weighted by Crippen LogP contribution is 2.30. The van der Waals surface area contributed by atoms with Crippen LogP contribution in [0.3, 0.4) is 0 Å². The molecule has 0 aromatic heterocycles. The zero-order chi connectivity index (χ0) is 23.2. The molecule has 1 rings (SSSR count). The van der Waals surface area contributed by atoms with Crippen molar-refractivity contribution in [1.29, 1.82) is 0 Å². The lowest BCUT2D eigenvalue weighted by atomic mass is 10.1. The molecule has 31 heavy (non-hydrogen) atoms. The fourth-order valence-corrected chi connectivity index (χ4v) is 2.34.